The van der Waals surface area contributed by atoms with Crippen LogP contribution in [0.15, 0.2) is 30.3 Å². The molecule has 0 bridgehead atoms. The lowest BCUT2D eigenvalue weighted by atomic mass is 10.1. The fraction of sp³-hybridized carbons (Fsp3) is 0.533. The van der Waals surface area contributed by atoms with E-state index in [0.717, 1.165) is 5.56 Å². The third kappa shape index (κ3) is 4.33. The second kappa shape index (κ2) is 6.68. The number of rotatable bonds is 7. The van der Waals surface area contributed by atoms with Gasteiger partial charge in [-0.15, -0.1) is 0 Å². The lowest BCUT2D eigenvalue weighted by Gasteiger charge is -2.20. The summed E-state index contributed by atoms with van der Waals surface area (Å²) in [5.74, 6) is 0.460. The average Bonchev–Trinajstić information content (AvgIpc) is 3.27. The highest BCUT2D eigenvalue weighted by molar-refractivity contribution is 5.80. The molecular formula is C15H21NO3. The largest absolute Gasteiger partial charge is 0.394 e. The Kier molecular flexibility index (Phi) is 4.93. The van der Waals surface area contributed by atoms with Gasteiger partial charge in [0.25, 0.3) is 0 Å². The molecule has 1 saturated carbocycles. The molecule has 104 valence electrons. The van der Waals surface area contributed by atoms with E-state index in [1.807, 2.05) is 30.3 Å². The fourth-order valence-corrected chi connectivity index (χ4v) is 1.85. The van der Waals surface area contributed by atoms with E-state index >= 15 is 0 Å². The number of benzene rings is 1. The number of carbonyl (C=O) groups excluding carboxylic acids is 1. The van der Waals surface area contributed by atoms with Crippen LogP contribution in [0.3, 0.4) is 0 Å². The molecule has 0 spiro atoms. The first kappa shape index (κ1) is 14.0. The molecular weight excluding hydrogens is 242 g/mol. The van der Waals surface area contributed by atoms with E-state index in [-0.39, 0.29) is 18.6 Å². The van der Waals surface area contributed by atoms with Crippen LogP contribution in [0, 0.1) is 5.92 Å². The summed E-state index contributed by atoms with van der Waals surface area (Å²) in [5.41, 5.74) is 0.896. The van der Waals surface area contributed by atoms with Crippen molar-refractivity contribution in [2.24, 2.45) is 5.92 Å². The van der Waals surface area contributed by atoms with Gasteiger partial charge in [-0.1, -0.05) is 30.3 Å². The summed E-state index contributed by atoms with van der Waals surface area (Å²) in [5, 5.41) is 12.2. The SMILES string of the molecule is CC(OCC1CC1)C(=O)NC(CO)c1ccccc1. The zero-order chi connectivity index (χ0) is 13.7. The van der Waals surface area contributed by atoms with E-state index in [1.54, 1.807) is 6.92 Å². The van der Waals surface area contributed by atoms with Crippen LogP contribution in [0.5, 0.6) is 0 Å². The molecule has 0 aliphatic heterocycles. The highest BCUT2D eigenvalue weighted by Gasteiger charge is 2.25. The lowest BCUT2D eigenvalue weighted by Crippen LogP contribution is -2.38. The number of hydrogen-bond donors (Lipinski definition) is 2. The normalized spacial score (nSPS) is 17.8. The van der Waals surface area contributed by atoms with Crippen LogP contribution in [0.2, 0.25) is 0 Å². The van der Waals surface area contributed by atoms with E-state index in [4.69, 9.17) is 4.74 Å². The van der Waals surface area contributed by atoms with Gasteiger partial charge in [-0.05, 0) is 31.2 Å². The van der Waals surface area contributed by atoms with Crippen molar-refractivity contribution in [1.82, 2.24) is 5.32 Å². The van der Waals surface area contributed by atoms with Crippen molar-refractivity contribution in [2.75, 3.05) is 13.2 Å². The first-order valence-electron chi connectivity index (χ1n) is 6.78. The molecule has 0 heterocycles. The van der Waals surface area contributed by atoms with Crippen LogP contribution in [-0.2, 0) is 9.53 Å². The molecule has 2 rings (SSSR count). The van der Waals surface area contributed by atoms with Crippen molar-refractivity contribution in [3.63, 3.8) is 0 Å². The highest BCUT2D eigenvalue weighted by Crippen LogP contribution is 2.29. The van der Waals surface area contributed by atoms with Gasteiger partial charge in [0.2, 0.25) is 5.91 Å². The van der Waals surface area contributed by atoms with Gasteiger partial charge in [0.15, 0.2) is 0 Å². The van der Waals surface area contributed by atoms with Crippen molar-refractivity contribution in [3.8, 4) is 0 Å². The Morgan fingerprint density at radius 2 is 2.11 bits per heavy atom. The molecule has 1 aliphatic rings. The zero-order valence-electron chi connectivity index (χ0n) is 11.2. The van der Waals surface area contributed by atoms with Crippen LogP contribution in [0.4, 0.5) is 0 Å². The maximum absolute atomic E-state index is 12.0. The van der Waals surface area contributed by atoms with Gasteiger partial charge in [-0.25, -0.2) is 0 Å². The number of aliphatic hydroxyl groups excluding tert-OH is 1. The Morgan fingerprint density at radius 3 is 2.68 bits per heavy atom. The lowest BCUT2D eigenvalue weighted by molar-refractivity contribution is -0.133. The number of carbonyl (C=O) groups is 1. The molecule has 2 atom stereocenters. The maximum atomic E-state index is 12.0. The molecule has 1 fully saturated rings. The number of nitrogens with one attached hydrogen (secondary N) is 1. The van der Waals surface area contributed by atoms with E-state index in [1.165, 1.54) is 12.8 Å². The second-order valence-corrected chi connectivity index (χ2v) is 5.07. The molecule has 1 aromatic rings. The van der Waals surface area contributed by atoms with Gasteiger partial charge in [-0.2, -0.15) is 0 Å². The van der Waals surface area contributed by atoms with Gasteiger partial charge < -0.3 is 15.2 Å². The predicted octanol–water partition coefficient (Wildman–Crippen LogP) is 1.65. The summed E-state index contributed by atoms with van der Waals surface area (Å²) in [7, 11) is 0. The van der Waals surface area contributed by atoms with E-state index in [9.17, 15) is 9.90 Å². The fourth-order valence-electron chi connectivity index (χ4n) is 1.85. The Bertz CT molecular complexity index is 403. The Labute approximate surface area is 113 Å². The van der Waals surface area contributed by atoms with E-state index in [2.05, 4.69) is 5.32 Å². The third-order valence-electron chi connectivity index (χ3n) is 3.35. The number of amides is 1. The van der Waals surface area contributed by atoms with Crippen molar-refractivity contribution in [2.45, 2.75) is 31.9 Å². The molecule has 0 radical (unpaired) electrons. The third-order valence-corrected chi connectivity index (χ3v) is 3.35. The highest BCUT2D eigenvalue weighted by atomic mass is 16.5. The number of ether oxygens (including phenoxy) is 1. The van der Waals surface area contributed by atoms with Crippen LogP contribution in [0.25, 0.3) is 0 Å². The molecule has 1 aliphatic carbocycles. The van der Waals surface area contributed by atoms with Crippen LogP contribution >= 0.6 is 0 Å². The minimum absolute atomic E-state index is 0.120. The first-order chi connectivity index (χ1) is 9.20. The number of hydrogen-bond acceptors (Lipinski definition) is 3. The van der Waals surface area contributed by atoms with E-state index in [0.29, 0.717) is 12.5 Å². The summed E-state index contributed by atoms with van der Waals surface area (Å²) >= 11 is 0. The van der Waals surface area contributed by atoms with Crippen LogP contribution < -0.4 is 5.32 Å². The van der Waals surface area contributed by atoms with Crippen molar-refractivity contribution in [1.29, 1.82) is 0 Å². The van der Waals surface area contributed by atoms with Gasteiger partial charge in [0, 0.05) is 0 Å². The quantitative estimate of drug-likeness (QED) is 0.786. The Morgan fingerprint density at radius 1 is 1.42 bits per heavy atom. The van der Waals surface area contributed by atoms with Crippen LogP contribution in [0.1, 0.15) is 31.4 Å². The summed E-state index contributed by atoms with van der Waals surface area (Å²) in [6.45, 7) is 2.28. The van der Waals surface area contributed by atoms with E-state index < -0.39 is 6.10 Å². The smallest absolute Gasteiger partial charge is 0.249 e. The summed E-state index contributed by atoms with van der Waals surface area (Å²) in [6.07, 6.45) is 1.94. The standard InChI is InChI=1S/C15H21NO3/c1-11(19-10-12-7-8-12)15(18)16-14(9-17)13-5-3-2-4-6-13/h2-6,11-12,14,17H,7-10H2,1H3,(H,16,18). The Balaban J connectivity index is 1.84. The molecule has 0 saturated heterocycles. The van der Waals surface area contributed by atoms with Crippen molar-refractivity contribution < 1.29 is 14.6 Å². The molecule has 1 amide bonds. The van der Waals surface area contributed by atoms with Crippen molar-refractivity contribution >= 4 is 5.91 Å². The van der Waals surface area contributed by atoms with Gasteiger partial charge in [0.1, 0.15) is 6.10 Å². The van der Waals surface area contributed by atoms with Crippen molar-refractivity contribution in [3.05, 3.63) is 35.9 Å². The topological polar surface area (TPSA) is 58.6 Å². The first-order valence-corrected chi connectivity index (χ1v) is 6.78. The maximum Gasteiger partial charge on any atom is 0.249 e. The predicted molar refractivity (Wildman–Crippen MR) is 72.5 cm³/mol. The zero-order valence-corrected chi connectivity index (χ0v) is 11.2. The second-order valence-electron chi connectivity index (χ2n) is 5.07. The molecule has 0 aromatic heterocycles. The molecule has 19 heavy (non-hydrogen) atoms. The van der Waals surface area contributed by atoms with Crippen LogP contribution in [-0.4, -0.2) is 30.3 Å². The monoisotopic (exact) mass is 263 g/mol. The number of aliphatic hydroxyl groups is 1. The minimum Gasteiger partial charge on any atom is -0.394 e. The van der Waals surface area contributed by atoms with Gasteiger partial charge in [0.05, 0.1) is 19.3 Å². The van der Waals surface area contributed by atoms with Gasteiger partial charge >= 0.3 is 0 Å². The molecule has 4 heteroatoms. The minimum atomic E-state index is -0.474. The summed E-state index contributed by atoms with van der Waals surface area (Å²) in [4.78, 5) is 12.0. The van der Waals surface area contributed by atoms with Gasteiger partial charge in [-0.3, -0.25) is 4.79 Å². The Hall–Kier alpha value is -1.39. The average molecular weight is 263 g/mol. The molecule has 2 unspecified atom stereocenters. The molecule has 2 N–H and O–H groups in total. The molecule has 4 nitrogen and oxygen atoms in total. The summed E-state index contributed by atoms with van der Waals surface area (Å²) in [6, 6.07) is 9.07. The molecule has 1 aromatic carbocycles. The summed E-state index contributed by atoms with van der Waals surface area (Å²) < 4.78 is 5.52.